The van der Waals surface area contributed by atoms with Gasteiger partial charge < -0.3 is 5.32 Å². The topological polar surface area (TPSA) is 32.3 Å². The Balaban J connectivity index is 1.85. The summed E-state index contributed by atoms with van der Waals surface area (Å²) in [5, 5.41) is 3.53. The van der Waals surface area contributed by atoms with Crippen molar-refractivity contribution < 1.29 is 4.79 Å². The molecule has 4 heteroatoms. The molecule has 1 aliphatic heterocycles. The Morgan fingerprint density at radius 1 is 0.920 bits per heavy atom. The van der Waals surface area contributed by atoms with Crippen LogP contribution in [0.25, 0.3) is 0 Å². The Bertz CT molecular complexity index is 919. The molecule has 3 nitrogen and oxygen atoms in total. The van der Waals surface area contributed by atoms with Crippen LogP contribution in [0.2, 0.25) is 0 Å². The van der Waals surface area contributed by atoms with Gasteiger partial charge in [-0.25, -0.2) is 0 Å². The van der Waals surface area contributed by atoms with E-state index in [0.717, 1.165) is 20.5 Å². The number of anilines is 2. The van der Waals surface area contributed by atoms with Gasteiger partial charge in [-0.2, -0.15) is 0 Å². The molecule has 1 N–H and O–H groups in total. The van der Waals surface area contributed by atoms with Gasteiger partial charge in [0.1, 0.15) is 6.17 Å². The standard InChI is InChI=1S/C21H17IN2O/c1-14-6-8-15(9-7-14)20-23-19-5-3-2-4-18(19)21(25)24(20)17-12-10-16(22)11-13-17/h2-13,20,23H,1H3/t20-/m1/s1. The quantitative estimate of drug-likeness (QED) is 0.544. The molecule has 0 aliphatic carbocycles. The van der Waals surface area contributed by atoms with Crippen LogP contribution in [-0.2, 0) is 0 Å². The normalized spacial score (nSPS) is 16.3. The maximum atomic E-state index is 13.2. The number of benzene rings is 3. The van der Waals surface area contributed by atoms with Gasteiger partial charge in [-0.05, 0) is 71.5 Å². The van der Waals surface area contributed by atoms with E-state index >= 15 is 0 Å². The minimum Gasteiger partial charge on any atom is -0.360 e. The summed E-state index contributed by atoms with van der Waals surface area (Å²) >= 11 is 2.27. The Labute approximate surface area is 160 Å². The summed E-state index contributed by atoms with van der Waals surface area (Å²) in [5.41, 5.74) is 4.72. The maximum absolute atomic E-state index is 13.2. The van der Waals surface area contributed by atoms with E-state index in [1.807, 2.05) is 53.4 Å². The number of halogens is 1. The number of carbonyl (C=O) groups excluding carboxylic acids is 1. The first-order valence-corrected chi connectivity index (χ1v) is 9.22. The molecule has 0 spiro atoms. The van der Waals surface area contributed by atoms with E-state index < -0.39 is 0 Å². The molecule has 124 valence electrons. The average molecular weight is 440 g/mol. The largest absolute Gasteiger partial charge is 0.360 e. The molecule has 1 heterocycles. The third-order valence-corrected chi connectivity index (χ3v) is 5.14. The van der Waals surface area contributed by atoms with Crippen LogP contribution in [-0.4, -0.2) is 5.91 Å². The van der Waals surface area contributed by atoms with Crippen molar-refractivity contribution in [3.63, 3.8) is 0 Å². The SMILES string of the molecule is Cc1ccc([C@@H]2Nc3ccccc3C(=O)N2c2ccc(I)cc2)cc1. The molecule has 0 radical (unpaired) electrons. The minimum atomic E-state index is -0.233. The van der Waals surface area contributed by atoms with Gasteiger partial charge in [0.2, 0.25) is 0 Å². The summed E-state index contributed by atoms with van der Waals surface area (Å²) in [6.07, 6.45) is -0.233. The molecule has 0 saturated carbocycles. The molecule has 3 aromatic carbocycles. The summed E-state index contributed by atoms with van der Waals surface area (Å²) in [6.45, 7) is 2.06. The molecule has 0 bridgehead atoms. The highest BCUT2D eigenvalue weighted by molar-refractivity contribution is 14.1. The maximum Gasteiger partial charge on any atom is 0.262 e. The predicted octanol–water partition coefficient (Wildman–Crippen LogP) is 5.37. The third-order valence-electron chi connectivity index (χ3n) is 4.42. The zero-order valence-electron chi connectivity index (χ0n) is 13.7. The van der Waals surface area contributed by atoms with E-state index in [1.165, 1.54) is 5.56 Å². The number of para-hydroxylation sites is 1. The smallest absolute Gasteiger partial charge is 0.262 e. The first-order chi connectivity index (χ1) is 12.1. The summed E-state index contributed by atoms with van der Waals surface area (Å²) < 4.78 is 1.14. The van der Waals surface area contributed by atoms with Crippen molar-refractivity contribution >= 4 is 39.9 Å². The lowest BCUT2D eigenvalue weighted by Gasteiger charge is -2.38. The van der Waals surface area contributed by atoms with Crippen molar-refractivity contribution in [3.05, 3.63) is 93.1 Å². The fourth-order valence-corrected chi connectivity index (χ4v) is 3.46. The monoisotopic (exact) mass is 440 g/mol. The van der Waals surface area contributed by atoms with Gasteiger partial charge in [-0.3, -0.25) is 9.69 Å². The number of nitrogens with zero attached hydrogens (tertiary/aromatic N) is 1. The van der Waals surface area contributed by atoms with Crippen LogP contribution in [0.1, 0.15) is 27.7 Å². The molecule has 4 rings (SSSR count). The van der Waals surface area contributed by atoms with Crippen molar-refractivity contribution in [2.24, 2.45) is 0 Å². The van der Waals surface area contributed by atoms with Gasteiger partial charge in [0.15, 0.2) is 0 Å². The lowest BCUT2D eigenvalue weighted by atomic mass is 10.0. The second-order valence-electron chi connectivity index (χ2n) is 6.15. The Hall–Kier alpha value is -2.34. The van der Waals surface area contributed by atoms with Crippen LogP contribution in [0, 0.1) is 10.5 Å². The zero-order valence-corrected chi connectivity index (χ0v) is 15.9. The highest BCUT2D eigenvalue weighted by Crippen LogP contribution is 2.36. The van der Waals surface area contributed by atoms with E-state index in [1.54, 1.807) is 0 Å². The molecule has 3 aromatic rings. The second-order valence-corrected chi connectivity index (χ2v) is 7.40. The number of rotatable bonds is 2. The van der Waals surface area contributed by atoms with Crippen LogP contribution >= 0.6 is 22.6 Å². The molecule has 25 heavy (non-hydrogen) atoms. The number of carbonyl (C=O) groups is 1. The summed E-state index contributed by atoms with van der Waals surface area (Å²) in [7, 11) is 0. The summed E-state index contributed by atoms with van der Waals surface area (Å²) in [4.78, 5) is 15.1. The molecule has 0 saturated heterocycles. The van der Waals surface area contributed by atoms with Crippen LogP contribution < -0.4 is 10.2 Å². The van der Waals surface area contributed by atoms with E-state index in [4.69, 9.17) is 0 Å². The van der Waals surface area contributed by atoms with Crippen LogP contribution in [0.15, 0.2) is 72.8 Å². The Morgan fingerprint density at radius 2 is 1.60 bits per heavy atom. The van der Waals surface area contributed by atoms with E-state index in [2.05, 4.69) is 59.1 Å². The molecule has 1 aliphatic rings. The highest BCUT2D eigenvalue weighted by Gasteiger charge is 2.33. The zero-order chi connectivity index (χ0) is 17.4. The molecule has 0 aromatic heterocycles. The fourth-order valence-electron chi connectivity index (χ4n) is 3.10. The van der Waals surface area contributed by atoms with Crippen molar-refractivity contribution in [1.82, 2.24) is 0 Å². The summed E-state index contributed by atoms with van der Waals surface area (Å²) in [6, 6.07) is 24.0. The van der Waals surface area contributed by atoms with Gasteiger partial charge in [0.25, 0.3) is 5.91 Å². The molecular weight excluding hydrogens is 423 g/mol. The molecular formula is C21H17IN2O. The van der Waals surface area contributed by atoms with Crippen molar-refractivity contribution in [2.75, 3.05) is 10.2 Å². The van der Waals surface area contributed by atoms with Gasteiger partial charge in [-0.1, -0.05) is 42.0 Å². The predicted molar refractivity (Wildman–Crippen MR) is 110 cm³/mol. The Morgan fingerprint density at radius 3 is 2.32 bits per heavy atom. The fraction of sp³-hybridized carbons (Fsp3) is 0.0952. The van der Waals surface area contributed by atoms with Crippen LogP contribution in [0.4, 0.5) is 11.4 Å². The van der Waals surface area contributed by atoms with E-state index in [-0.39, 0.29) is 12.1 Å². The van der Waals surface area contributed by atoms with Crippen LogP contribution in [0.3, 0.4) is 0 Å². The summed E-state index contributed by atoms with van der Waals surface area (Å²) in [5.74, 6) is 0.0149. The first-order valence-electron chi connectivity index (χ1n) is 8.15. The third kappa shape index (κ3) is 3.02. The van der Waals surface area contributed by atoms with Gasteiger partial charge >= 0.3 is 0 Å². The van der Waals surface area contributed by atoms with Crippen molar-refractivity contribution in [2.45, 2.75) is 13.1 Å². The first kappa shape index (κ1) is 16.1. The van der Waals surface area contributed by atoms with Gasteiger partial charge in [-0.15, -0.1) is 0 Å². The van der Waals surface area contributed by atoms with Gasteiger partial charge in [0, 0.05) is 14.9 Å². The number of nitrogens with one attached hydrogen (secondary N) is 1. The number of hydrogen-bond donors (Lipinski definition) is 1. The van der Waals surface area contributed by atoms with E-state index in [0.29, 0.717) is 5.56 Å². The van der Waals surface area contributed by atoms with Crippen molar-refractivity contribution in [1.29, 1.82) is 0 Å². The lowest BCUT2D eigenvalue weighted by Crippen LogP contribution is -2.43. The van der Waals surface area contributed by atoms with Crippen LogP contribution in [0.5, 0.6) is 0 Å². The average Bonchev–Trinajstić information content (AvgIpc) is 2.63. The second kappa shape index (κ2) is 6.52. The molecule has 0 fully saturated rings. The Kier molecular flexibility index (Phi) is 4.21. The number of fused-ring (bicyclic) bond motifs is 1. The number of aryl methyl sites for hydroxylation is 1. The number of hydrogen-bond acceptors (Lipinski definition) is 2. The molecule has 1 atom stereocenters. The van der Waals surface area contributed by atoms with Crippen molar-refractivity contribution in [3.8, 4) is 0 Å². The molecule has 0 unspecified atom stereocenters. The molecule has 1 amide bonds. The minimum absolute atomic E-state index is 0.0149. The number of amides is 1. The van der Waals surface area contributed by atoms with E-state index in [9.17, 15) is 4.79 Å². The highest BCUT2D eigenvalue weighted by atomic mass is 127. The van der Waals surface area contributed by atoms with Gasteiger partial charge in [0.05, 0.1) is 5.56 Å². The lowest BCUT2D eigenvalue weighted by molar-refractivity contribution is 0.0975.